The van der Waals surface area contributed by atoms with E-state index in [4.69, 9.17) is 15.2 Å². The van der Waals surface area contributed by atoms with Gasteiger partial charge in [0.15, 0.2) is 37.7 Å². The van der Waals surface area contributed by atoms with Crippen LogP contribution in [0.5, 0.6) is 17.2 Å². The summed E-state index contributed by atoms with van der Waals surface area (Å²) in [5.74, 6) is -3.84. The first kappa shape index (κ1) is 74.8. The Balaban J connectivity index is -0.00000748. The zero-order valence-corrected chi connectivity index (χ0v) is 52.1. The van der Waals surface area contributed by atoms with E-state index in [-0.39, 0.29) is 191 Å². The number of hydrogen-bond donors (Lipinski definition) is 2. The van der Waals surface area contributed by atoms with E-state index in [2.05, 4.69) is 47.6 Å². The molecule has 360 valence electrons. The summed E-state index contributed by atoms with van der Waals surface area (Å²) in [6.07, 6.45) is 0. The van der Waals surface area contributed by atoms with Crippen molar-refractivity contribution in [1.29, 1.82) is 0 Å². The van der Waals surface area contributed by atoms with Crippen molar-refractivity contribution in [3.8, 4) is 17.2 Å². The molecule has 4 aromatic carbocycles. The number of hydrogen-bond acceptors (Lipinski definition) is 31. The molecule has 0 aliphatic carbocycles. The van der Waals surface area contributed by atoms with Crippen LogP contribution in [-0.4, -0.2) is 99.8 Å². The molecule has 4 rings (SSSR count). The van der Waals surface area contributed by atoms with E-state index < -0.39 is 145 Å². The van der Waals surface area contributed by atoms with Gasteiger partial charge in [-0.25, -0.2) is 42.1 Å². The molecule has 0 aromatic heterocycles. The van der Waals surface area contributed by atoms with Gasteiger partial charge in [-0.05, 0) is 30.3 Å². The maximum Gasteiger partial charge on any atom is 1.00 e. The molecule has 0 fully saturated rings. The Morgan fingerprint density at radius 3 is 1.74 bits per heavy atom. The molecule has 0 saturated heterocycles. The molecule has 4 aromatic rings. The number of nitrogen functional groups attached to an aromatic ring is 1. The first-order valence-electron chi connectivity index (χ1n) is 16.0. The van der Waals surface area contributed by atoms with Gasteiger partial charge in [-0.3, -0.25) is 18.4 Å². The molecule has 0 bridgehead atoms. The Morgan fingerprint density at radius 1 is 0.643 bits per heavy atom. The molecule has 0 amide bonds. The molecule has 29 nitrogen and oxygen atoms in total. The fourth-order valence-electron chi connectivity index (χ4n) is 5.05. The van der Waals surface area contributed by atoms with E-state index in [1.54, 1.807) is 0 Å². The molecule has 0 spiro atoms. The summed E-state index contributed by atoms with van der Waals surface area (Å²) in [5, 5.41) is 52.1. The average molecular weight is 1170 g/mol. The number of benzene rings is 4. The van der Waals surface area contributed by atoms with Crippen molar-refractivity contribution < 1.29 is 256 Å². The number of azo groups is 2. The fraction of sp³-hybridized carbons (Fsp3) is 0.241. The summed E-state index contributed by atoms with van der Waals surface area (Å²) in [7, 11) is -23.1. The molecule has 0 unspecified atom stereocenters. The van der Waals surface area contributed by atoms with Gasteiger partial charge in [-0.1, -0.05) is 7.43 Å². The van der Waals surface area contributed by atoms with E-state index in [1.165, 1.54) is 0 Å². The Kier molecular flexibility index (Phi) is 34.5. The number of aromatic hydroxyl groups is 1. The first-order valence-corrected chi connectivity index (χ1v) is 24.9. The Hall–Kier alpha value is 0.550. The zero-order chi connectivity index (χ0) is 47.8. The zero-order valence-electron chi connectivity index (χ0n) is 36.4. The van der Waals surface area contributed by atoms with Gasteiger partial charge in [0, 0.05) is 17.5 Å². The number of rotatable bonds is 23. The van der Waals surface area contributed by atoms with Gasteiger partial charge in [0.25, 0.3) is 0 Å². The van der Waals surface area contributed by atoms with Crippen molar-refractivity contribution in [2.75, 3.05) is 44.7 Å². The second kappa shape index (κ2) is 32.3. The fourth-order valence-corrected chi connectivity index (χ4v) is 10.0. The standard InChI is InChI=1S/C28H29N5O24S7.CH4.5Na/c1-50-19-13-24(61(39,40)8-6-53-64(47,48)49)20(51-2)11-17(19)31-32-18-12-22(62(41,42)43)15-10-21(58-56-54-35)27(28(34)25(15)26(18)29)33-30-16-4-3-14(9-23(16)63(44,45)46)60(37,38)7-5-52-59-57-55-36;;;;;;/h3-4,9-13,34-36H,5-8,29H2,1-2H3,(H,41,42,43)(H,44,45,46)(H,47,48,49);1H4;;;;;/q;;5*+1/p-5. The third-order valence-corrected chi connectivity index (χ3v) is 14.3. The number of anilines is 1. The minimum absolute atomic E-state index is 0. The normalized spacial score (nSPS) is 11.9. The second-order valence-corrected chi connectivity index (χ2v) is 20.7. The molecular formula is C29H28N5Na5O24S7. The summed E-state index contributed by atoms with van der Waals surface area (Å²) < 4.78 is 185. The molecule has 41 heteroatoms. The number of ether oxygens (including phenoxy) is 2. The van der Waals surface area contributed by atoms with E-state index in [9.17, 15) is 71.4 Å². The van der Waals surface area contributed by atoms with Gasteiger partial charge in [-0.15, -0.1) is 24.8 Å². The monoisotopic (exact) mass is 1170 g/mol. The summed E-state index contributed by atoms with van der Waals surface area (Å²) in [6, 6.07) is 5.09. The Bertz CT molecular complexity index is 3070. The van der Waals surface area contributed by atoms with Gasteiger partial charge in [0.05, 0.1) is 81.6 Å². The maximum atomic E-state index is 13.0. The molecule has 0 atom stereocenters. The van der Waals surface area contributed by atoms with Crippen LogP contribution in [0.25, 0.3) is 10.8 Å². The average Bonchev–Trinajstić information content (AvgIpc) is 3.20. The molecule has 0 saturated carbocycles. The van der Waals surface area contributed by atoms with E-state index >= 15 is 0 Å². The Labute approximate surface area is 518 Å². The number of nitrogens with two attached hydrogens (primary N) is 1. The van der Waals surface area contributed by atoms with Crippen LogP contribution in [0.3, 0.4) is 0 Å². The van der Waals surface area contributed by atoms with Crippen molar-refractivity contribution in [2.45, 2.75) is 31.9 Å². The van der Waals surface area contributed by atoms with Gasteiger partial charge < -0.3 is 44.5 Å². The van der Waals surface area contributed by atoms with E-state index in [0.29, 0.717) is 18.2 Å². The Morgan fingerprint density at radius 2 is 1.20 bits per heavy atom. The van der Waals surface area contributed by atoms with E-state index in [0.717, 1.165) is 38.5 Å². The molecule has 0 aliphatic heterocycles. The van der Waals surface area contributed by atoms with Crippen LogP contribution in [0.15, 0.2) is 87.4 Å². The molecule has 0 radical (unpaired) electrons. The summed E-state index contributed by atoms with van der Waals surface area (Å²) in [4.78, 5) is -4.33. The summed E-state index contributed by atoms with van der Waals surface area (Å²) >= 11 is -0.0768. The van der Waals surface area contributed by atoms with Crippen molar-refractivity contribution in [2.24, 2.45) is 20.5 Å². The number of sulfone groups is 2. The van der Waals surface area contributed by atoms with Crippen LogP contribution in [-0.2, 0) is 77.4 Å². The van der Waals surface area contributed by atoms with Crippen LogP contribution < -0.4 is 174 Å². The molecule has 0 heterocycles. The smallest absolute Gasteiger partial charge is 0.744 e. The minimum atomic E-state index is -5.57. The third kappa shape index (κ3) is 20.5. The summed E-state index contributed by atoms with van der Waals surface area (Å²) in [6.45, 7) is -1.69. The third-order valence-electron chi connectivity index (χ3n) is 7.74. The molecular weight excluding hydrogens is 1140 g/mol. The van der Waals surface area contributed by atoms with Crippen LogP contribution in [0, 0.1) is 0 Å². The number of phenols is 1. The maximum absolute atomic E-state index is 13.0. The molecule has 70 heavy (non-hydrogen) atoms. The molecule has 3 N–H and O–H groups in total. The predicted octanol–water partition coefficient (Wildman–Crippen LogP) is -13.5. The topological polar surface area (TPSA) is 456 Å². The number of nitrogens with zero attached hydrogens (tertiary/aromatic N) is 4. The van der Waals surface area contributed by atoms with Crippen molar-refractivity contribution in [3.63, 3.8) is 0 Å². The van der Waals surface area contributed by atoms with Crippen molar-refractivity contribution >= 4 is 114 Å². The van der Waals surface area contributed by atoms with Gasteiger partial charge >= 0.3 is 148 Å². The number of phenolic OH excluding ortho intramolecular Hbond substituents is 1. The van der Waals surface area contributed by atoms with Crippen molar-refractivity contribution in [3.05, 3.63) is 42.5 Å². The van der Waals surface area contributed by atoms with Crippen LogP contribution >= 0.6 is 24.4 Å². The first-order chi connectivity index (χ1) is 29.8. The number of methoxy groups -OCH3 is 2. The van der Waals surface area contributed by atoms with Crippen molar-refractivity contribution in [1.82, 2.24) is 0 Å². The van der Waals surface area contributed by atoms with Gasteiger partial charge in [-0.2, -0.15) is 4.33 Å². The van der Waals surface area contributed by atoms with Crippen LogP contribution in [0.1, 0.15) is 7.43 Å². The van der Waals surface area contributed by atoms with Gasteiger partial charge in [0.1, 0.15) is 59.4 Å². The van der Waals surface area contributed by atoms with Crippen LogP contribution in [0.2, 0.25) is 0 Å². The SMILES string of the molecule is C.COc1cc(S(=O)(=O)CCOS(=O)(=O)[O-])c(OC)cc1N=Nc1cc(S(=O)(=O)[O-])c2cc(SOO[O-])c(N=Nc3ccc(S(=O)(=O)CCOSOO[O-])cc3S(=O)(=O)[O-])c(O)c2c1N.[Na+].[Na+].[Na+].[Na+].[Na+]. The van der Waals surface area contributed by atoms with Gasteiger partial charge in [0.2, 0.25) is 10.4 Å². The number of fused-ring (bicyclic) bond motifs is 1. The van der Waals surface area contributed by atoms with E-state index in [1.807, 2.05) is 0 Å². The largest absolute Gasteiger partial charge is 1.00 e. The predicted molar refractivity (Wildman–Crippen MR) is 211 cm³/mol. The minimum Gasteiger partial charge on any atom is -0.744 e. The quantitative estimate of drug-likeness (QED) is 0.00801. The second-order valence-electron chi connectivity index (χ2n) is 11.5. The molecule has 0 aliphatic rings. The van der Waals surface area contributed by atoms with Crippen LogP contribution in [0.4, 0.5) is 28.4 Å². The summed E-state index contributed by atoms with van der Waals surface area (Å²) in [5.41, 5.74) is 2.91.